The first-order valence-electron chi connectivity index (χ1n) is 6.57. The van der Waals surface area contributed by atoms with Crippen LogP contribution in [-0.4, -0.2) is 25.0 Å². The Hall–Kier alpha value is -0.820. The highest BCUT2D eigenvalue weighted by Crippen LogP contribution is 2.35. The van der Waals surface area contributed by atoms with Crippen LogP contribution in [-0.2, 0) is 6.42 Å². The van der Waals surface area contributed by atoms with E-state index in [4.69, 9.17) is 0 Å². The van der Waals surface area contributed by atoms with Crippen molar-refractivity contribution in [3.05, 3.63) is 35.4 Å². The fourth-order valence-electron chi connectivity index (χ4n) is 2.81. The predicted octanol–water partition coefficient (Wildman–Crippen LogP) is 3.45. The third-order valence-corrected chi connectivity index (χ3v) is 3.72. The highest BCUT2D eigenvalue weighted by atomic mass is 15.1. The van der Waals surface area contributed by atoms with E-state index in [1.54, 1.807) is 11.1 Å². The first kappa shape index (κ1) is 11.7. The van der Waals surface area contributed by atoms with Crippen LogP contribution in [0.25, 0.3) is 0 Å². The molecule has 16 heavy (non-hydrogen) atoms. The maximum absolute atomic E-state index is 2.46. The zero-order chi connectivity index (χ0) is 11.4. The average Bonchev–Trinajstić information content (AvgIpc) is 2.70. The van der Waals surface area contributed by atoms with Gasteiger partial charge in [-0.3, -0.25) is 0 Å². The number of fused-ring (bicyclic) bond motifs is 1. The van der Waals surface area contributed by atoms with E-state index in [9.17, 15) is 0 Å². The summed E-state index contributed by atoms with van der Waals surface area (Å²) in [7, 11) is 2.24. The monoisotopic (exact) mass is 217 g/mol. The van der Waals surface area contributed by atoms with E-state index >= 15 is 0 Å². The van der Waals surface area contributed by atoms with E-state index < -0.39 is 0 Å². The normalized spacial score (nSPS) is 19.1. The largest absolute Gasteiger partial charge is 0.306 e. The van der Waals surface area contributed by atoms with Gasteiger partial charge in [0.1, 0.15) is 0 Å². The molecule has 1 nitrogen and oxygen atoms in total. The van der Waals surface area contributed by atoms with Gasteiger partial charge in [-0.2, -0.15) is 0 Å². The van der Waals surface area contributed by atoms with Crippen molar-refractivity contribution in [1.82, 2.24) is 4.90 Å². The molecule has 1 aromatic rings. The van der Waals surface area contributed by atoms with Gasteiger partial charge >= 0.3 is 0 Å². The van der Waals surface area contributed by atoms with Crippen LogP contribution in [0.2, 0.25) is 0 Å². The van der Waals surface area contributed by atoms with E-state index in [1.165, 1.54) is 38.8 Å². The molecule has 0 saturated carbocycles. The smallest absolute Gasteiger partial charge is 0.00160 e. The molecule has 1 aliphatic carbocycles. The second-order valence-corrected chi connectivity index (χ2v) is 5.03. The molecule has 0 heterocycles. The molecule has 0 N–H and O–H groups in total. The lowest BCUT2D eigenvalue weighted by atomic mass is 9.98. The molecule has 2 rings (SSSR count). The molecule has 0 unspecified atom stereocenters. The molecule has 0 radical (unpaired) electrons. The van der Waals surface area contributed by atoms with Crippen LogP contribution in [0.5, 0.6) is 0 Å². The first-order valence-corrected chi connectivity index (χ1v) is 6.57. The van der Waals surface area contributed by atoms with E-state index in [-0.39, 0.29) is 0 Å². The van der Waals surface area contributed by atoms with E-state index in [0.717, 1.165) is 5.92 Å². The number of hydrogen-bond acceptors (Lipinski definition) is 1. The van der Waals surface area contributed by atoms with Gasteiger partial charge in [-0.25, -0.2) is 0 Å². The molecule has 0 bridgehead atoms. The Morgan fingerprint density at radius 1 is 1.25 bits per heavy atom. The minimum atomic E-state index is 0.815. The van der Waals surface area contributed by atoms with E-state index in [0.29, 0.717) is 0 Å². The van der Waals surface area contributed by atoms with Crippen LogP contribution in [0, 0.1) is 0 Å². The van der Waals surface area contributed by atoms with Crippen molar-refractivity contribution >= 4 is 0 Å². The van der Waals surface area contributed by atoms with Crippen molar-refractivity contribution < 1.29 is 0 Å². The van der Waals surface area contributed by atoms with Crippen LogP contribution < -0.4 is 0 Å². The molecule has 1 atom stereocenters. The summed E-state index contributed by atoms with van der Waals surface area (Å²) in [5, 5.41) is 0. The van der Waals surface area contributed by atoms with Crippen molar-refractivity contribution in [1.29, 1.82) is 0 Å². The predicted molar refractivity (Wildman–Crippen MR) is 69.9 cm³/mol. The molecule has 1 aromatic carbocycles. The molecule has 1 aliphatic rings. The van der Waals surface area contributed by atoms with Gasteiger partial charge < -0.3 is 4.90 Å². The summed E-state index contributed by atoms with van der Waals surface area (Å²) in [5.41, 5.74) is 3.21. The Morgan fingerprint density at radius 3 is 2.88 bits per heavy atom. The molecule has 0 aliphatic heterocycles. The molecule has 0 saturated heterocycles. The fraction of sp³-hybridized carbons (Fsp3) is 0.600. The van der Waals surface area contributed by atoms with Crippen LogP contribution in [0.15, 0.2) is 24.3 Å². The van der Waals surface area contributed by atoms with Crippen LogP contribution >= 0.6 is 0 Å². The Labute approximate surface area is 99.5 Å². The SMILES string of the molecule is CCCN(C)CC[C@@H]1CCc2ccccc21. The molecule has 0 spiro atoms. The van der Waals surface area contributed by atoms with Gasteiger partial charge in [-0.05, 0) is 62.9 Å². The molecule has 0 fully saturated rings. The minimum absolute atomic E-state index is 0.815. The van der Waals surface area contributed by atoms with Gasteiger partial charge in [0.2, 0.25) is 0 Å². The summed E-state index contributed by atoms with van der Waals surface area (Å²) in [6, 6.07) is 8.98. The topological polar surface area (TPSA) is 3.24 Å². The number of rotatable bonds is 5. The van der Waals surface area contributed by atoms with Gasteiger partial charge in [0, 0.05) is 0 Å². The van der Waals surface area contributed by atoms with Crippen molar-refractivity contribution in [2.75, 3.05) is 20.1 Å². The molecule has 0 amide bonds. The number of nitrogens with zero attached hydrogens (tertiary/aromatic N) is 1. The van der Waals surface area contributed by atoms with Gasteiger partial charge in [-0.1, -0.05) is 31.2 Å². The quantitative estimate of drug-likeness (QED) is 0.730. The second kappa shape index (κ2) is 5.49. The minimum Gasteiger partial charge on any atom is -0.306 e. The van der Waals surface area contributed by atoms with Crippen molar-refractivity contribution in [2.24, 2.45) is 0 Å². The summed E-state index contributed by atoms with van der Waals surface area (Å²) in [5.74, 6) is 0.815. The van der Waals surface area contributed by atoms with Crippen molar-refractivity contribution in [3.8, 4) is 0 Å². The van der Waals surface area contributed by atoms with Gasteiger partial charge in [-0.15, -0.1) is 0 Å². The highest BCUT2D eigenvalue weighted by molar-refractivity contribution is 5.34. The Bertz CT molecular complexity index is 332. The Kier molecular flexibility index (Phi) is 4.00. The second-order valence-electron chi connectivity index (χ2n) is 5.03. The molecular formula is C15H23N. The molecule has 88 valence electrons. The zero-order valence-electron chi connectivity index (χ0n) is 10.6. The fourth-order valence-corrected chi connectivity index (χ4v) is 2.81. The average molecular weight is 217 g/mol. The van der Waals surface area contributed by atoms with E-state index in [1.807, 2.05) is 0 Å². The summed E-state index contributed by atoms with van der Waals surface area (Å²) < 4.78 is 0. The lowest BCUT2D eigenvalue weighted by Crippen LogP contribution is -2.21. The van der Waals surface area contributed by atoms with Gasteiger partial charge in [0.15, 0.2) is 0 Å². The molecular weight excluding hydrogens is 194 g/mol. The van der Waals surface area contributed by atoms with Gasteiger partial charge in [0.05, 0.1) is 0 Å². The standard InChI is InChI=1S/C15H23N/c1-3-11-16(2)12-10-14-9-8-13-6-4-5-7-15(13)14/h4-7,14H,3,8-12H2,1-2H3/t14-/m0/s1. The maximum Gasteiger partial charge on any atom is -0.00160 e. The zero-order valence-corrected chi connectivity index (χ0v) is 10.6. The summed E-state index contributed by atoms with van der Waals surface area (Å²) in [6.07, 6.45) is 5.24. The van der Waals surface area contributed by atoms with Crippen LogP contribution in [0.4, 0.5) is 0 Å². The first-order chi connectivity index (χ1) is 7.81. The Morgan fingerprint density at radius 2 is 2.06 bits per heavy atom. The Balaban J connectivity index is 1.88. The number of hydrogen-bond donors (Lipinski definition) is 0. The lowest BCUT2D eigenvalue weighted by molar-refractivity contribution is 0.318. The van der Waals surface area contributed by atoms with E-state index in [2.05, 4.69) is 43.1 Å². The highest BCUT2D eigenvalue weighted by Gasteiger charge is 2.21. The third-order valence-electron chi connectivity index (χ3n) is 3.72. The van der Waals surface area contributed by atoms with Crippen LogP contribution in [0.1, 0.15) is 43.2 Å². The summed E-state index contributed by atoms with van der Waals surface area (Å²) >= 11 is 0. The number of benzene rings is 1. The lowest BCUT2D eigenvalue weighted by Gasteiger charge is -2.18. The third kappa shape index (κ3) is 2.65. The van der Waals surface area contributed by atoms with Crippen molar-refractivity contribution in [3.63, 3.8) is 0 Å². The number of aryl methyl sites for hydroxylation is 1. The maximum atomic E-state index is 2.46. The molecule has 1 heteroatoms. The molecule has 0 aromatic heterocycles. The van der Waals surface area contributed by atoms with Crippen molar-refractivity contribution in [2.45, 2.75) is 38.5 Å². The summed E-state index contributed by atoms with van der Waals surface area (Å²) in [6.45, 7) is 4.72. The van der Waals surface area contributed by atoms with Crippen LogP contribution in [0.3, 0.4) is 0 Å². The summed E-state index contributed by atoms with van der Waals surface area (Å²) in [4.78, 5) is 2.46. The van der Waals surface area contributed by atoms with Gasteiger partial charge in [0.25, 0.3) is 0 Å².